The van der Waals surface area contributed by atoms with E-state index in [9.17, 15) is 14.7 Å². The molecule has 35 heavy (non-hydrogen) atoms. The van der Waals surface area contributed by atoms with Crippen molar-refractivity contribution < 1.29 is 19.4 Å². The SMILES string of the molecule is CCCCCC1CCC(C2CCC(C(=O)Oc3ccc(-c4ccccc4C([O])=O)cc3)CC2)CC1. The number of unbranched alkanes of at least 4 members (excludes halogenated alkanes) is 2. The normalized spacial score (nSPS) is 24.6. The Bertz CT molecular complexity index is 964. The van der Waals surface area contributed by atoms with Crippen molar-refractivity contribution in [2.75, 3.05) is 0 Å². The maximum Gasteiger partial charge on any atom is 0.386 e. The van der Waals surface area contributed by atoms with E-state index in [1.165, 1.54) is 57.4 Å². The summed E-state index contributed by atoms with van der Waals surface area (Å²) in [5.41, 5.74) is 1.50. The van der Waals surface area contributed by atoms with Gasteiger partial charge in [0.15, 0.2) is 0 Å². The summed E-state index contributed by atoms with van der Waals surface area (Å²) in [6.07, 6.45) is 15.2. The average Bonchev–Trinajstić information content (AvgIpc) is 2.90. The van der Waals surface area contributed by atoms with Gasteiger partial charge in [0.25, 0.3) is 0 Å². The Morgan fingerprint density at radius 3 is 2.06 bits per heavy atom. The average molecular weight is 476 g/mol. The fourth-order valence-corrected chi connectivity index (χ4v) is 6.27. The van der Waals surface area contributed by atoms with Crippen molar-refractivity contribution in [2.24, 2.45) is 23.7 Å². The molecule has 1 radical (unpaired) electrons. The Morgan fingerprint density at radius 2 is 1.43 bits per heavy atom. The lowest BCUT2D eigenvalue weighted by Gasteiger charge is -2.37. The molecule has 2 fully saturated rings. The van der Waals surface area contributed by atoms with Crippen molar-refractivity contribution in [1.29, 1.82) is 0 Å². The van der Waals surface area contributed by atoms with E-state index >= 15 is 0 Å². The van der Waals surface area contributed by atoms with Crippen LogP contribution in [0.5, 0.6) is 5.75 Å². The lowest BCUT2D eigenvalue weighted by Crippen LogP contribution is -2.30. The third kappa shape index (κ3) is 6.74. The molecule has 0 saturated heterocycles. The second kappa shape index (κ2) is 12.4. The van der Waals surface area contributed by atoms with Gasteiger partial charge in [-0.25, -0.2) is 9.90 Å². The van der Waals surface area contributed by atoms with Gasteiger partial charge in [-0.2, -0.15) is 0 Å². The Balaban J connectivity index is 1.24. The first-order chi connectivity index (χ1) is 17.0. The van der Waals surface area contributed by atoms with Gasteiger partial charge in [-0.1, -0.05) is 75.8 Å². The van der Waals surface area contributed by atoms with E-state index in [2.05, 4.69) is 6.92 Å². The summed E-state index contributed by atoms with van der Waals surface area (Å²) in [7, 11) is 0. The summed E-state index contributed by atoms with van der Waals surface area (Å²) in [5, 5.41) is 11.4. The number of rotatable bonds is 9. The summed E-state index contributed by atoms with van der Waals surface area (Å²) in [4.78, 5) is 24.2. The molecule has 2 aliphatic carbocycles. The van der Waals surface area contributed by atoms with Gasteiger partial charge in [-0.3, -0.25) is 4.79 Å². The summed E-state index contributed by atoms with van der Waals surface area (Å²) in [6, 6.07) is 13.8. The van der Waals surface area contributed by atoms with E-state index in [0.29, 0.717) is 11.3 Å². The minimum Gasteiger partial charge on any atom is -0.426 e. The van der Waals surface area contributed by atoms with Crippen LogP contribution in [-0.2, 0) is 9.90 Å². The van der Waals surface area contributed by atoms with Crippen LogP contribution in [0.1, 0.15) is 94.3 Å². The van der Waals surface area contributed by atoms with Crippen molar-refractivity contribution in [2.45, 2.75) is 84.0 Å². The lowest BCUT2D eigenvalue weighted by molar-refractivity contribution is -0.140. The molecule has 2 aliphatic rings. The van der Waals surface area contributed by atoms with E-state index in [-0.39, 0.29) is 17.5 Å². The van der Waals surface area contributed by atoms with Gasteiger partial charge in [0.2, 0.25) is 0 Å². The molecule has 4 nitrogen and oxygen atoms in total. The van der Waals surface area contributed by atoms with Crippen molar-refractivity contribution in [3.63, 3.8) is 0 Å². The quantitative estimate of drug-likeness (QED) is 0.209. The fourth-order valence-electron chi connectivity index (χ4n) is 6.27. The first kappa shape index (κ1) is 25.5. The molecule has 0 unspecified atom stereocenters. The minimum atomic E-state index is -1.20. The molecule has 2 aromatic carbocycles. The topological polar surface area (TPSA) is 63.3 Å². The maximum atomic E-state index is 12.8. The predicted molar refractivity (Wildman–Crippen MR) is 138 cm³/mol. The van der Waals surface area contributed by atoms with Crippen LogP contribution >= 0.6 is 0 Å². The highest BCUT2D eigenvalue weighted by molar-refractivity contribution is 5.95. The van der Waals surface area contributed by atoms with Crippen LogP contribution in [0.4, 0.5) is 0 Å². The Labute approximate surface area is 210 Å². The number of carbonyl (C=O) groups excluding carboxylic acids is 2. The van der Waals surface area contributed by atoms with Gasteiger partial charge >= 0.3 is 11.9 Å². The van der Waals surface area contributed by atoms with E-state index < -0.39 is 5.97 Å². The van der Waals surface area contributed by atoms with Gasteiger partial charge in [0.1, 0.15) is 5.75 Å². The highest BCUT2D eigenvalue weighted by Crippen LogP contribution is 2.42. The molecule has 0 spiro atoms. The van der Waals surface area contributed by atoms with Crippen LogP contribution < -0.4 is 4.74 Å². The zero-order valence-corrected chi connectivity index (χ0v) is 21.0. The second-order valence-electron chi connectivity index (χ2n) is 10.7. The number of hydrogen-bond acceptors (Lipinski definition) is 3. The largest absolute Gasteiger partial charge is 0.426 e. The standard InChI is InChI=1S/C31H39O4/c1-2-3-4-7-22-10-12-23(13-11-22)24-14-16-26(17-15-24)31(34)35-27-20-18-25(19-21-27)28-8-5-6-9-29(28)30(32)33/h5-6,8-9,18-24,26H,2-4,7,10-17H2,1H3. The number of carbonyl (C=O) groups is 2. The smallest absolute Gasteiger partial charge is 0.386 e. The molecular weight excluding hydrogens is 436 g/mol. The molecule has 0 aromatic heterocycles. The Kier molecular flexibility index (Phi) is 9.01. The minimum absolute atomic E-state index is 0.0184. The van der Waals surface area contributed by atoms with Gasteiger partial charge in [-0.15, -0.1) is 0 Å². The first-order valence-corrected chi connectivity index (χ1v) is 13.7. The van der Waals surface area contributed by atoms with E-state index in [4.69, 9.17) is 4.74 Å². The zero-order chi connectivity index (χ0) is 24.6. The van der Waals surface area contributed by atoms with Gasteiger partial charge < -0.3 is 4.74 Å². The van der Waals surface area contributed by atoms with Crippen LogP contribution in [-0.4, -0.2) is 11.9 Å². The molecule has 0 bridgehead atoms. The first-order valence-electron chi connectivity index (χ1n) is 13.7. The van der Waals surface area contributed by atoms with Gasteiger partial charge in [0, 0.05) is 0 Å². The Hall–Kier alpha value is -2.62. The molecule has 2 aromatic rings. The molecule has 0 N–H and O–H groups in total. The molecule has 187 valence electrons. The maximum absolute atomic E-state index is 12.8. The monoisotopic (exact) mass is 475 g/mol. The van der Waals surface area contributed by atoms with Crippen molar-refractivity contribution in [1.82, 2.24) is 0 Å². The summed E-state index contributed by atoms with van der Waals surface area (Å²) >= 11 is 0. The van der Waals surface area contributed by atoms with Crippen molar-refractivity contribution >= 4 is 11.9 Å². The predicted octanol–water partition coefficient (Wildman–Crippen LogP) is 8.02. The number of benzene rings is 2. The molecule has 0 heterocycles. The van der Waals surface area contributed by atoms with E-state index in [1.54, 1.807) is 42.5 Å². The third-order valence-electron chi connectivity index (χ3n) is 8.41. The highest BCUT2D eigenvalue weighted by atomic mass is 16.5. The fraction of sp³-hybridized carbons (Fsp3) is 0.548. The number of ether oxygens (including phenoxy) is 1. The van der Waals surface area contributed by atoms with Gasteiger partial charge in [-0.05, 0) is 85.6 Å². The van der Waals surface area contributed by atoms with Crippen molar-refractivity contribution in [3.05, 3.63) is 54.1 Å². The molecule has 0 aliphatic heterocycles. The van der Waals surface area contributed by atoms with Crippen LogP contribution in [0.3, 0.4) is 0 Å². The number of esters is 1. The summed E-state index contributed by atoms with van der Waals surface area (Å²) in [6.45, 7) is 2.28. The second-order valence-corrected chi connectivity index (χ2v) is 10.7. The molecule has 4 rings (SSSR count). The van der Waals surface area contributed by atoms with Crippen LogP contribution in [0.2, 0.25) is 0 Å². The zero-order valence-electron chi connectivity index (χ0n) is 21.0. The van der Waals surface area contributed by atoms with Crippen LogP contribution in [0, 0.1) is 23.7 Å². The molecule has 4 heteroatoms. The Morgan fingerprint density at radius 1 is 0.800 bits per heavy atom. The summed E-state index contributed by atoms with van der Waals surface area (Å²) in [5.74, 6) is 1.73. The molecule has 2 saturated carbocycles. The lowest BCUT2D eigenvalue weighted by atomic mass is 9.68. The van der Waals surface area contributed by atoms with E-state index in [0.717, 1.165) is 49.0 Å². The summed E-state index contributed by atoms with van der Waals surface area (Å²) < 4.78 is 5.70. The molecule has 0 atom stereocenters. The van der Waals surface area contributed by atoms with Crippen molar-refractivity contribution in [3.8, 4) is 16.9 Å². The highest BCUT2D eigenvalue weighted by Gasteiger charge is 2.33. The van der Waals surface area contributed by atoms with Gasteiger partial charge in [0.05, 0.1) is 11.5 Å². The van der Waals surface area contributed by atoms with Crippen LogP contribution in [0.15, 0.2) is 48.5 Å². The van der Waals surface area contributed by atoms with E-state index in [1.807, 2.05) is 0 Å². The molecular formula is C31H39O4. The molecule has 0 amide bonds. The third-order valence-corrected chi connectivity index (χ3v) is 8.41. The van der Waals surface area contributed by atoms with Crippen LogP contribution in [0.25, 0.3) is 11.1 Å². The number of hydrogen-bond donors (Lipinski definition) is 0.